The van der Waals surface area contributed by atoms with Crippen molar-refractivity contribution in [1.29, 1.82) is 0 Å². The highest BCUT2D eigenvalue weighted by molar-refractivity contribution is 5.47. The van der Waals surface area contributed by atoms with Crippen LogP contribution in [0.1, 0.15) is 0 Å². The number of anilines is 1. The first kappa shape index (κ1) is 7.53. The third-order valence-electron chi connectivity index (χ3n) is 1.37. The first-order chi connectivity index (χ1) is 5.24. The van der Waals surface area contributed by atoms with Crippen molar-refractivity contribution in [3.8, 4) is 0 Å². The number of nitro groups is 1. The van der Waals surface area contributed by atoms with Gasteiger partial charge in [0.2, 0.25) is 0 Å². The molecule has 11 heavy (non-hydrogen) atoms. The minimum Gasteiger partial charge on any atom is -0.388 e. The second kappa shape index (κ2) is 3.01. The maximum Gasteiger partial charge on any atom is 0.269 e. The van der Waals surface area contributed by atoms with Crippen LogP contribution in [-0.2, 0) is 0 Å². The lowest BCUT2D eigenvalue weighted by molar-refractivity contribution is -0.384. The number of nitrogens with zero attached hydrogens (tertiary/aromatic N) is 1. The summed E-state index contributed by atoms with van der Waals surface area (Å²) < 4.78 is 0. The van der Waals surface area contributed by atoms with Crippen molar-refractivity contribution in [3.63, 3.8) is 0 Å². The summed E-state index contributed by atoms with van der Waals surface area (Å²) in [5.74, 6) is 0. The Labute approximate surface area is 64.0 Å². The van der Waals surface area contributed by atoms with E-state index in [0.29, 0.717) is 0 Å². The van der Waals surface area contributed by atoms with Crippen LogP contribution in [0.3, 0.4) is 0 Å². The molecule has 0 fully saturated rings. The minimum absolute atomic E-state index is 0.115. The number of nitro benzene ring substituents is 1. The quantitative estimate of drug-likeness (QED) is 0.516. The van der Waals surface area contributed by atoms with Gasteiger partial charge >= 0.3 is 0 Å². The van der Waals surface area contributed by atoms with Crippen LogP contribution < -0.4 is 5.32 Å². The minimum atomic E-state index is -0.417. The second-order valence-corrected chi connectivity index (χ2v) is 2.05. The zero-order valence-corrected chi connectivity index (χ0v) is 6.07. The van der Waals surface area contributed by atoms with Gasteiger partial charge < -0.3 is 5.32 Å². The van der Waals surface area contributed by atoms with Gasteiger partial charge in [-0.05, 0) is 12.1 Å². The maximum atomic E-state index is 10.2. The smallest absolute Gasteiger partial charge is 0.269 e. The van der Waals surface area contributed by atoms with E-state index in [1.54, 1.807) is 19.2 Å². The number of benzene rings is 1. The first-order valence-electron chi connectivity index (χ1n) is 3.16. The van der Waals surface area contributed by atoms with Crippen molar-refractivity contribution in [2.24, 2.45) is 0 Å². The van der Waals surface area contributed by atoms with E-state index in [1.165, 1.54) is 12.1 Å². The molecule has 1 rings (SSSR count). The lowest BCUT2D eigenvalue weighted by Gasteiger charge is -1.96. The van der Waals surface area contributed by atoms with Crippen molar-refractivity contribution in [2.45, 2.75) is 0 Å². The molecule has 0 atom stereocenters. The van der Waals surface area contributed by atoms with Gasteiger partial charge in [0, 0.05) is 24.9 Å². The van der Waals surface area contributed by atoms with Gasteiger partial charge in [0.05, 0.1) is 4.92 Å². The summed E-state index contributed by atoms with van der Waals surface area (Å²) in [5.41, 5.74) is 0.986. The Balaban J connectivity index is 2.91. The van der Waals surface area contributed by atoms with Crippen molar-refractivity contribution in [1.82, 2.24) is 0 Å². The van der Waals surface area contributed by atoms with E-state index in [1.807, 2.05) is 0 Å². The van der Waals surface area contributed by atoms with Crippen LogP contribution in [0.2, 0.25) is 0 Å². The van der Waals surface area contributed by atoms with Crippen LogP contribution in [0.5, 0.6) is 0 Å². The van der Waals surface area contributed by atoms with Crippen LogP contribution in [0, 0.1) is 10.1 Å². The van der Waals surface area contributed by atoms with E-state index < -0.39 is 4.92 Å². The van der Waals surface area contributed by atoms with Gasteiger partial charge in [-0.2, -0.15) is 0 Å². The van der Waals surface area contributed by atoms with Gasteiger partial charge in [-0.25, -0.2) is 0 Å². The molecule has 0 aliphatic heterocycles. The summed E-state index contributed by atoms with van der Waals surface area (Å²) >= 11 is 0. The topological polar surface area (TPSA) is 55.2 Å². The SMILES string of the molecule is [11CH3]Nc1ccc([N+](=O)[O-])cc1. The Bertz CT molecular complexity index is 256. The molecule has 0 saturated heterocycles. The Morgan fingerprint density at radius 2 is 1.91 bits per heavy atom. The lowest BCUT2D eigenvalue weighted by Crippen LogP contribution is -1.89. The molecule has 0 aromatic heterocycles. The summed E-state index contributed by atoms with van der Waals surface area (Å²) in [6, 6.07) is 6.26. The van der Waals surface area contributed by atoms with E-state index in [2.05, 4.69) is 5.32 Å². The number of non-ortho nitro benzene ring substituents is 1. The molecule has 0 aliphatic carbocycles. The average molecular weight is 151 g/mol. The second-order valence-electron chi connectivity index (χ2n) is 2.05. The number of nitrogens with one attached hydrogen (secondary N) is 1. The fourth-order valence-corrected chi connectivity index (χ4v) is 0.750. The average Bonchev–Trinajstić information content (AvgIpc) is 2.05. The van der Waals surface area contributed by atoms with E-state index in [0.717, 1.165) is 5.69 Å². The van der Waals surface area contributed by atoms with Crippen molar-refractivity contribution in [2.75, 3.05) is 12.4 Å². The maximum absolute atomic E-state index is 10.2. The van der Waals surface area contributed by atoms with E-state index >= 15 is 0 Å². The summed E-state index contributed by atoms with van der Waals surface area (Å²) in [7, 11) is 1.77. The van der Waals surface area contributed by atoms with Gasteiger partial charge in [0.25, 0.3) is 5.69 Å². The molecular formula is C7H8N2O2. The van der Waals surface area contributed by atoms with Crippen LogP contribution in [0.25, 0.3) is 0 Å². The summed E-state index contributed by atoms with van der Waals surface area (Å²) in [6.45, 7) is 0. The monoisotopic (exact) mass is 151 g/mol. The molecule has 1 N–H and O–H groups in total. The zero-order valence-electron chi connectivity index (χ0n) is 6.07. The van der Waals surface area contributed by atoms with Crippen molar-refractivity contribution >= 4 is 11.4 Å². The van der Waals surface area contributed by atoms with E-state index in [4.69, 9.17) is 0 Å². The molecule has 0 radical (unpaired) electrons. The molecule has 0 spiro atoms. The van der Waals surface area contributed by atoms with Crippen molar-refractivity contribution < 1.29 is 4.92 Å². The van der Waals surface area contributed by atoms with Gasteiger partial charge in [-0.1, -0.05) is 0 Å². The summed E-state index contributed by atoms with van der Waals surface area (Å²) in [6.07, 6.45) is 0. The van der Waals surface area contributed by atoms with E-state index in [-0.39, 0.29) is 5.69 Å². The highest BCUT2D eigenvalue weighted by Gasteiger charge is 2.01. The number of hydrogen-bond acceptors (Lipinski definition) is 3. The Morgan fingerprint density at radius 3 is 2.27 bits per heavy atom. The predicted octanol–water partition coefficient (Wildman–Crippen LogP) is 1.64. The fourth-order valence-electron chi connectivity index (χ4n) is 0.750. The summed E-state index contributed by atoms with van der Waals surface area (Å²) in [4.78, 5) is 9.77. The molecule has 58 valence electrons. The molecule has 0 saturated carbocycles. The molecule has 1 aromatic rings. The third-order valence-corrected chi connectivity index (χ3v) is 1.37. The molecule has 4 nitrogen and oxygen atoms in total. The number of rotatable bonds is 2. The molecule has 0 heterocycles. The van der Waals surface area contributed by atoms with Gasteiger partial charge in [-0.3, -0.25) is 10.1 Å². The zero-order chi connectivity index (χ0) is 8.27. The van der Waals surface area contributed by atoms with Gasteiger partial charge in [-0.15, -0.1) is 0 Å². The Hall–Kier alpha value is -1.58. The van der Waals surface area contributed by atoms with Crippen LogP contribution in [0.4, 0.5) is 11.4 Å². The molecule has 0 amide bonds. The molecule has 0 bridgehead atoms. The van der Waals surface area contributed by atoms with Crippen LogP contribution in [0.15, 0.2) is 24.3 Å². The van der Waals surface area contributed by atoms with Crippen LogP contribution >= 0.6 is 0 Å². The standard InChI is InChI=1S/C7H8N2O2/c1-8-6-2-4-7(5-3-6)9(10)11/h2-5,8H,1H3/i1-1. The highest BCUT2D eigenvalue weighted by atomic mass is 16.6. The van der Waals surface area contributed by atoms with E-state index in [9.17, 15) is 10.1 Å². The fraction of sp³-hybridized carbons (Fsp3) is 0.143. The normalized spacial score (nSPS) is 9.18. The molecule has 1 aromatic carbocycles. The largest absolute Gasteiger partial charge is 0.388 e. The third kappa shape index (κ3) is 1.67. The summed E-state index contributed by atoms with van der Waals surface area (Å²) in [5, 5.41) is 13.1. The molecule has 0 aliphatic rings. The van der Waals surface area contributed by atoms with Gasteiger partial charge in [0.1, 0.15) is 0 Å². The first-order valence-corrected chi connectivity index (χ1v) is 3.16. The molecule has 0 unspecified atom stereocenters. The highest BCUT2D eigenvalue weighted by Crippen LogP contribution is 2.14. The van der Waals surface area contributed by atoms with Crippen LogP contribution in [-0.4, -0.2) is 12.0 Å². The van der Waals surface area contributed by atoms with Gasteiger partial charge in [0.15, 0.2) is 0 Å². The predicted molar refractivity (Wildman–Crippen MR) is 42.6 cm³/mol. The van der Waals surface area contributed by atoms with Crippen molar-refractivity contribution in [3.05, 3.63) is 34.4 Å². The molecular weight excluding hydrogens is 143 g/mol. The lowest BCUT2D eigenvalue weighted by atomic mass is 10.3. The Kier molecular flexibility index (Phi) is 2.06. The molecule has 4 heteroatoms. The Morgan fingerprint density at radius 1 is 1.36 bits per heavy atom. The number of hydrogen-bond donors (Lipinski definition) is 1.